The van der Waals surface area contributed by atoms with Crippen LogP contribution in [0.25, 0.3) is 43.4 Å². The first-order chi connectivity index (χ1) is 43.2. The third-order valence-corrected chi connectivity index (χ3v) is 19.9. The van der Waals surface area contributed by atoms with Crippen molar-refractivity contribution in [1.82, 2.24) is 56.2 Å². The smallest absolute Gasteiger partial charge is 0.415 e. The number of nitrogens with zero attached hydrogens (tertiary/aromatic N) is 8. The number of carbonyl (C=O) groups excluding carboxylic acids is 6. The van der Waals surface area contributed by atoms with Crippen LogP contribution in [0.5, 0.6) is 0 Å². The fourth-order valence-electron chi connectivity index (χ4n) is 9.26. The Hall–Kier alpha value is -8.21. The zero-order valence-electron chi connectivity index (χ0n) is 48.9. The van der Waals surface area contributed by atoms with Crippen molar-refractivity contribution < 1.29 is 63.1 Å². The number of hydrogen-bond acceptors (Lipinski definition) is 25. The van der Waals surface area contributed by atoms with Crippen molar-refractivity contribution in [1.29, 1.82) is 0 Å². The molecule has 26 nitrogen and oxygen atoms in total. The van der Waals surface area contributed by atoms with Gasteiger partial charge < -0.3 is 51.8 Å². The van der Waals surface area contributed by atoms with Gasteiger partial charge in [0.15, 0.2) is 6.29 Å². The number of aliphatic hydroxyl groups is 1. The van der Waals surface area contributed by atoms with Gasteiger partial charge in [0.2, 0.25) is 11.8 Å². The van der Waals surface area contributed by atoms with Crippen LogP contribution in [0.4, 0.5) is 10.6 Å². The number of benzene rings is 1. The maximum atomic E-state index is 14.0. The van der Waals surface area contributed by atoms with E-state index in [0.717, 1.165) is 11.3 Å². The van der Waals surface area contributed by atoms with Crippen LogP contribution in [0.3, 0.4) is 0 Å². The number of carboxylic acid groups (broad SMARTS) is 2. The largest absolute Gasteiger partial charge is 0.481 e. The lowest BCUT2D eigenvalue weighted by molar-refractivity contribution is -0.148. The van der Waals surface area contributed by atoms with Gasteiger partial charge in [-0.2, -0.15) is 0 Å². The average Bonchev–Trinajstić information content (AvgIpc) is 1.65. The number of hydrogen-bond donors (Lipinski definition) is 8. The number of ether oxygens (including phenoxy) is 2. The van der Waals surface area contributed by atoms with E-state index in [4.69, 9.17) is 35.1 Å². The number of nitrogens with two attached hydrogens (primary N) is 1. The molecule has 0 saturated heterocycles. The number of methoxy groups -OCH3 is 1. The van der Waals surface area contributed by atoms with Gasteiger partial charge >= 0.3 is 18.0 Å². The number of unbranched alkanes of at least 4 members (excludes halogenated alkanes) is 1. The molecular formula is C58H61N13O13S6. The molecule has 90 heavy (non-hydrogen) atoms. The quantitative estimate of drug-likeness (QED) is 0.0161. The molecule has 7 aromatic heterocycles. The Labute approximate surface area is 538 Å². The molecule has 0 bridgehead atoms. The summed E-state index contributed by atoms with van der Waals surface area (Å²) in [4.78, 5) is 137. The molecule has 9 rings (SSSR count). The summed E-state index contributed by atoms with van der Waals surface area (Å²) >= 11 is 7.22. The highest BCUT2D eigenvalue weighted by atomic mass is 32.1. The van der Waals surface area contributed by atoms with E-state index >= 15 is 0 Å². The summed E-state index contributed by atoms with van der Waals surface area (Å²) < 4.78 is 11.1. The second-order valence-electron chi connectivity index (χ2n) is 20.9. The lowest BCUT2D eigenvalue weighted by atomic mass is 9.82. The molecule has 472 valence electrons. The molecule has 32 heteroatoms. The zero-order chi connectivity index (χ0) is 64.3. The fourth-order valence-corrected chi connectivity index (χ4v) is 14.7. The van der Waals surface area contributed by atoms with E-state index in [1.54, 1.807) is 70.9 Å². The van der Waals surface area contributed by atoms with Gasteiger partial charge in [0.1, 0.15) is 88.3 Å². The molecule has 9 N–H and O–H groups in total. The van der Waals surface area contributed by atoms with Crippen molar-refractivity contribution in [2.75, 3.05) is 32.1 Å². The van der Waals surface area contributed by atoms with E-state index in [9.17, 15) is 53.7 Å². The first-order valence-electron chi connectivity index (χ1n) is 28.0. The number of amides is 5. The monoisotopic (exact) mass is 1340 g/mol. The summed E-state index contributed by atoms with van der Waals surface area (Å²) in [6.45, 7) is 5.04. The lowest BCUT2D eigenvalue weighted by Gasteiger charge is -2.33. The van der Waals surface area contributed by atoms with Crippen LogP contribution in [0.1, 0.15) is 138 Å². The van der Waals surface area contributed by atoms with Crippen molar-refractivity contribution in [3.05, 3.63) is 111 Å². The van der Waals surface area contributed by atoms with E-state index in [-0.39, 0.29) is 80.0 Å². The standard InChI is InChI=1S/C58H61N13O13S6/c1-27(2)43(68-50(79)44-28(3)89-52(69-44)34(59)19-40(73)60-4)56-70-46(38(90-56)22-83-5)49(78)61-20-41(74)67-47(48(77)29-11-7-6-8-12-29)55-65-37(25-87-55)54-64-36(24-86-54)45-33(51-62-31(21-72)23-85-51)14-15-35(63-45)53-66-39(26-88-53)71(16-10-9-13-42(75)76)58(82)84-32-17-30(18-32)57(80)81/h6-8,11-12,14-15,21,23-27,30,32,34,43,47-48,77H,9-10,13,16-20,22,59H2,1-5H3,(H,60,73)(H,61,78)(H,67,74)(H,68,79)(H,75,76)(H,80,81)/t30?,32?,34-,43?,47-,48-/m0/s1. The third-order valence-electron chi connectivity index (χ3n) is 14.1. The Morgan fingerprint density at radius 3 is 2.18 bits per heavy atom. The molecule has 7 heterocycles. The molecule has 1 aliphatic carbocycles. The van der Waals surface area contributed by atoms with Crippen LogP contribution in [0.2, 0.25) is 0 Å². The van der Waals surface area contributed by atoms with Gasteiger partial charge in [-0.1, -0.05) is 44.2 Å². The first-order valence-corrected chi connectivity index (χ1v) is 33.1. The van der Waals surface area contributed by atoms with Crippen LogP contribution in [0, 0.1) is 18.8 Å². The number of carbonyl (C=O) groups is 8. The number of aliphatic carboxylic acids is 2. The number of anilines is 1. The molecule has 1 fully saturated rings. The van der Waals surface area contributed by atoms with Gasteiger partial charge in [0, 0.05) is 65.5 Å². The number of pyridine rings is 1. The average molecular weight is 1340 g/mol. The number of carboxylic acids is 2. The van der Waals surface area contributed by atoms with E-state index in [1.807, 2.05) is 13.8 Å². The number of aliphatic hydroxyl groups excluding tert-OH is 1. The molecule has 0 spiro atoms. The van der Waals surface area contributed by atoms with Crippen molar-refractivity contribution in [3.8, 4) is 43.4 Å². The van der Waals surface area contributed by atoms with Gasteiger partial charge in [0.05, 0.1) is 41.7 Å². The maximum Gasteiger partial charge on any atom is 0.415 e. The number of aldehydes is 1. The first kappa shape index (κ1) is 66.2. The van der Waals surface area contributed by atoms with E-state index in [1.165, 1.54) is 75.7 Å². The second kappa shape index (κ2) is 30.1. The number of aromatic nitrogens is 7. The summed E-state index contributed by atoms with van der Waals surface area (Å²) in [5.41, 5.74) is 9.18. The minimum atomic E-state index is -1.31. The van der Waals surface area contributed by atoms with Crippen molar-refractivity contribution in [3.63, 3.8) is 0 Å². The number of nitrogens with one attached hydrogen (secondary N) is 4. The second-order valence-corrected chi connectivity index (χ2v) is 26.7. The van der Waals surface area contributed by atoms with E-state index in [2.05, 4.69) is 36.2 Å². The van der Waals surface area contributed by atoms with Crippen LogP contribution in [-0.4, -0.2) is 132 Å². The summed E-state index contributed by atoms with van der Waals surface area (Å²) in [5, 5.41) is 50.8. The molecule has 0 radical (unpaired) electrons. The predicted molar refractivity (Wildman–Crippen MR) is 338 cm³/mol. The van der Waals surface area contributed by atoms with Gasteiger partial charge in [-0.25, -0.2) is 39.7 Å². The highest BCUT2D eigenvalue weighted by molar-refractivity contribution is 7.15. The number of aryl methyl sites for hydroxylation is 1. The minimum Gasteiger partial charge on any atom is -0.481 e. The molecule has 1 aliphatic rings. The summed E-state index contributed by atoms with van der Waals surface area (Å²) in [6.07, 6.45) is -1.20. The molecule has 1 aromatic carbocycles. The normalized spacial score (nSPS) is 15.0. The molecule has 5 amide bonds. The Morgan fingerprint density at radius 1 is 0.756 bits per heavy atom. The molecule has 0 aliphatic heterocycles. The van der Waals surface area contributed by atoms with Crippen LogP contribution >= 0.6 is 68.0 Å². The Morgan fingerprint density at radius 2 is 1.48 bits per heavy atom. The summed E-state index contributed by atoms with van der Waals surface area (Å²) in [6, 6.07) is 9.65. The SMILES string of the molecule is CNC(=O)C[C@H](N)c1nc(C(=O)NC(c2nc(C(=O)NCC(=O)N[C@H](c3nc(-c4nc(-c5nc(-c6nc(N(CCCCC(=O)O)C(=O)OC7CC(C(=O)O)C7)cs6)ccc5-c5nc(C=O)cs5)cs4)cs3)[C@@H](O)c3ccccc3)c(COC)s2)C(C)C)c(C)s1. The zero-order valence-corrected chi connectivity index (χ0v) is 53.8. The molecule has 1 unspecified atom stereocenters. The third kappa shape index (κ3) is 16.0. The highest BCUT2D eigenvalue weighted by Crippen LogP contribution is 2.40. The van der Waals surface area contributed by atoms with Gasteiger partial charge in [-0.05, 0) is 56.2 Å². The predicted octanol–water partition coefficient (Wildman–Crippen LogP) is 8.40. The molecule has 4 atom stereocenters. The van der Waals surface area contributed by atoms with Gasteiger partial charge in [0.25, 0.3) is 11.8 Å². The lowest BCUT2D eigenvalue weighted by Crippen LogP contribution is -2.42. The van der Waals surface area contributed by atoms with E-state index in [0.29, 0.717) is 86.4 Å². The maximum absolute atomic E-state index is 14.0. The minimum absolute atomic E-state index is 0.00423. The van der Waals surface area contributed by atoms with Crippen LogP contribution in [-0.2, 0) is 35.3 Å². The molecular weight excluding hydrogens is 1280 g/mol. The molecule has 8 aromatic rings. The van der Waals surface area contributed by atoms with Crippen LogP contribution in [0.15, 0.2) is 64.0 Å². The summed E-state index contributed by atoms with van der Waals surface area (Å²) in [7, 11) is 2.97. The van der Waals surface area contributed by atoms with Crippen molar-refractivity contribution in [2.24, 2.45) is 17.6 Å². The Bertz CT molecular complexity index is 3910. The number of rotatable bonds is 29. The van der Waals surface area contributed by atoms with E-state index < -0.39 is 78.5 Å². The number of thiazole rings is 6. The van der Waals surface area contributed by atoms with Crippen LogP contribution < -0.4 is 31.9 Å². The highest BCUT2D eigenvalue weighted by Gasteiger charge is 2.39. The van der Waals surface area contributed by atoms with Gasteiger partial charge in [-0.15, -0.1) is 68.0 Å². The topological polar surface area (TPSA) is 383 Å². The Balaban J connectivity index is 0.929. The fraction of sp³-hybridized carbons (Fsp3) is 0.362. The molecule has 1 saturated carbocycles. The summed E-state index contributed by atoms with van der Waals surface area (Å²) in [5.74, 6) is -4.67. The Kier molecular flexibility index (Phi) is 22.1. The van der Waals surface area contributed by atoms with Crippen molar-refractivity contribution >= 4 is 122 Å². The van der Waals surface area contributed by atoms with Gasteiger partial charge in [-0.3, -0.25) is 38.5 Å². The van der Waals surface area contributed by atoms with Crippen molar-refractivity contribution in [2.45, 2.75) is 96.2 Å².